The lowest BCUT2D eigenvalue weighted by atomic mass is 9.91. The number of hydrogen-bond acceptors (Lipinski definition) is 3. The van der Waals surface area contributed by atoms with Crippen LogP contribution in [0.4, 0.5) is 0 Å². The third kappa shape index (κ3) is 1.20. The minimum atomic E-state index is -1.08. The Morgan fingerprint density at radius 2 is 2.27 bits per heavy atom. The third-order valence-corrected chi connectivity index (χ3v) is 2.70. The molecule has 1 fully saturated rings. The van der Waals surface area contributed by atoms with Crippen molar-refractivity contribution in [2.45, 2.75) is 19.1 Å². The molecule has 0 unspecified atom stereocenters. The maximum atomic E-state index is 11.6. The van der Waals surface area contributed by atoms with Crippen LogP contribution in [0.3, 0.4) is 0 Å². The lowest BCUT2D eigenvalue weighted by molar-refractivity contribution is -0.165. The zero-order chi connectivity index (χ0) is 11.2. The lowest BCUT2D eigenvalue weighted by Gasteiger charge is -2.46. The molecule has 1 saturated heterocycles. The van der Waals surface area contributed by atoms with E-state index in [9.17, 15) is 9.59 Å². The van der Waals surface area contributed by atoms with Crippen molar-refractivity contribution in [2.24, 2.45) is 0 Å². The fraction of sp³-hybridized carbons (Fsp3) is 0.400. The van der Waals surface area contributed by atoms with E-state index in [0.29, 0.717) is 5.57 Å². The number of nitrogens with zero attached hydrogens (tertiary/aromatic N) is 1. The predicted molar refractivity (Wildman–Crippen MR) is 50.9 cm³/mol. The summed E-state index contributed by atoms with van der Waals surface area (Å²) in [6, 6.07) is -0.266. The second kappa shape index (κ2) is 3.20. The van der Waals surface area contributed by atoms with Gasteiger partial charge in [0.05, 0.1) is 6.04 Å². The van der Waals surface area contributed by atoms with Crippen LogP contribution in [0.2, 0.25) is 0 Å². The summed E-state index contributed by atoms with van der Waals surface area (Å²) in [6.07, 6.45) is 2.96. The molecule has 0 saturated carbocycles. The van der Waals surface area contributed by atoms with Crippen LogP contribution >= 0.6 is 0 Å². The van der Waals surface area contributed by atoms with E-state index in [2.05, 4.69) is 0 Å². The van der Waals surface area contributed by atoms with Gasteiger partial charge < -0.3 is 9.84 Å². The van der Waals surface area contributed by atoms with Gasteiger partial charge in [0.1, 0.15) is 5.70 Å². The molecule has 1 N–H and O–H groups in total. The number of carbonyl (C=O) groups excluding carboxylic acids is 1. The Morgan fingerprint density at radius 1 is 1.60 bits per heavy atom. The SMILES string of the molecule is CO[C@@H]1C(=O)N2C(C(=O)O)=C(C)C=C[C@H]12. The Kier molecular flexibility index (Phi) is 2.12. The molecule has 0 bridgehead atoms. The highest BCUT2D eigenvalue weighted by atomic mass is 16.5. The van der Waals surface area contributed by atoms with E-state index in [-0.39, 0.29) is 17.6 Å². The number of ether oxygens (including phenoxy) is 1. The topological polar surface area (TPSA) is 66.8 Å². The molecule has 2 atom stereocenters. The average Bonchev–Trinajstić information content (AvgIpc) is 2.18. The van der Waals surface area contributed by atoms with Crippen molar-refractivity contribution < 1.29 is 19.4 Å². The largest absolute Gasteiger partial charge is 0.477 e. The Morgan fingerprint density at radius 3 is 2.80 bits per heavy atom. The standard InChI is InChI=1S/C10H11NO4/c1-5-3-4-6-8(15-2)9(12)11(6)7(5)10(13)14/h3-4,6,8H,1-2H3,(H,13,14)/t6-,8+/m1/s1. The molecule has 15 heavy (non-hydrogen) atoms. The fourth-order valence-corrected chi connectivity index (χ4v) is 1.95. The van der Waals surface area contributed by atoms with Gasteiger partial charge in [0, 0.05) is 7.11 Å². The molecule has 0 radical (unpaired) electrons. The molecule has 0 aromatic carbocycles. The molecule has 1 amide bonds. The Labute approximate surface area is 86.6 Å². The van der Waals surface area contributed by atoms with Gasteiger partial charge in [0.25, 0.3) is 5.91 Å². The average molecular weight is 209 g/mol. The van der Waals surface area contributed by atoms with Crippen molar-refractivity contribution >= 4 is 11.9 Å². The maximum absolute atomic E-state index is 11.6. The highest BCUT2D eigenvalue weighted by molar-refractivity contribution is 6.00. The predicted octanol–water partition coefficient (Wildman–Crippen LogP) is 0.141. The van der Waals surface area contributed by atoms with Crippen molar-refractivity contribution in [2.75, 3.05) is 7.11 Å². The van der Waals surface area contributed by atoms with Gasteiger partial charge in [-0.2, -0.15) is 0 Å². The van der Waals surface area contributed by atoms with E-state index in [1.165, 1.54) is 12.0 Å². The van der Waals surface area contributed by atoms with Gasteiger partial charge >= 0.3 is 5.97 Å². The van der Waals surface area contributed by atoms with Crippen LogP contribution in [0.25, 0.3) is 0 Å². The van der Waals surface area contributed by atoms with Gasteiger partial charge in [-0.25, -0.2) is 4.79 Å². The molecule has 0 aromatic rings. The third-order valence-electron chi connectivity index (χ3n) is 2.70. The first-order valence-electron chi connectivity index (χ1n) is 4.56. The maximum Gasteiger partial charge on any atom is 0.352 e. The first-order valence-corrected chi connectivity index (χ1v) is 4.56. The molecule has 0 aliphatic carbocycles. The molecule has 2 rings (SSSR count). The van der Waals surface area contributed by atoms with E-state index < -0.39 is 12.1 Å². The minimum Gasteiger partial charge on any atom is -0.477 e. The molecule has 5 heteroatoms. The number of allylic oxidation sites excluding steroid dienone is 2. The van der Waals surface area contributed by atoms with E-state index in [1.54, 1.807) is 19.1 Å². The zero-order valence-electron chi connectivity index (χ0n) is 8.43. The number of amides is 1. The van der Waals surface area contributed by atoms with Gasteiger partial charge in [-0.1, -0.05) is 12.2 Å². The summed E-state index contributed by atoms with van der Waals surface area (Å²) in [5.74, 6) is -1.37. The van der Waals surface area contributed by atoms with Crippen LogP contribution in [0.15, 0.2) is 23.4 Å². The number of fused-ring (bicyclic) bond motifs is 1. The van der Waals surface area contributed by atoms with E-state index in [1.807, 2.05) is 0 Å². The highest BCUT2D eigenvalue weighted by Crippen LogP contribution is 2.33. The summed E-state index contributed by atoms with van der Waals surface area (Å²) in [5, 5.41) is 8.98. The van der Waals surface area contributed by atoms with Gasteiger partial charge in [0.15, 0.2) is 6.10 Å². The first-order chi connectivity index (χ1) is 7.07. The Hall–Kier alpha value is -1.62. The van der Waals surface area contributed by atoms with Gasteiger partial charge in [-0.3, -0.25) is 9.69 Å². The van der Waals surface area contributed by atoms with Crippen molar-refractivity contribution in [1.29, 1.82) is 0 Å². The summed E-state index contributed by atoms with van der Waals surface area (Å²) >= 11 is 0. The van der Waals surface area contributed by atoms with Crippen LogP contribution < -0.4 is 0 Å². The number of β-lactam (4-membered cyclic amide) rings is 1. The van der Waals surface area contributed by atoms with Gasteiger partial charge in [-0.15, -0.1) is 0 Å². The molecular formula is C10H11NO4. The summed E-state index contributed by atoms with van der Waals surface area (Å²) < 4.78 is 4.97. The van der Waals surface area contributed by atoms with Crippen LogP contribution in [-0.4, -0.2) is 41.1 Å². The minimum absolute atomic E-state index is 0.0563. The van der Waals surface area contributed by atoms with E-state index in [0.717, 1.165) is 0 Å². The van der Waals surface area contributed by atoms with Crippen molar-refractivity contribution in [1.82, 2.24) is 4.90 Å². The fourth-order valence-electron chi connectivity index (χ4n) is 1.95. The normalized spacial score (nSPS) is 28.9. The molecule has 0 aromatic heterocycles. The highest BCUT2D eigenvalue weighted by Gasteiger charge is 2.51. The number of carboxylic acid groups (broad SMARTS) is 1. The number of carboxylic acids is 1. The monoisotopic (exact) mass is 209 g/mol. The molecule has 2 aliphatic rings. The Balaban J connectivity index is 2.36. The summed E-state index contributed by atoms with van der Waals surface area (Å²) in [5.41, 5.74) is 0.641. The van der Waals surface area contributed by atoms with Gasteiger partial charge in [-0.05, 0) is 12.5 Å². The summed E-state index contributed by atoms with van der Waals surface area (Å²) in [7, 11) is 1.44. The first kappa shape index (κ1) is 9.92. The number of methoxy groups -OCH3 is 1. The molecule has 2 heterocycles. The molecule has 80 valence electrons. The number of hydrogen-bond donors (Lipinski definition) is 1. The number of aliphatic carboxylic acids is 1. The van der Waals surface area contributed by atoms with Crippen LogP contribution in [0.1, 0.15) is 6.92 Å². The van der Waals surface area contributed by atoms with E-state index >= 15 is 0 Å². The number of carbonyl (C=O) groups is 2. The summed E-state index contributed by atoms with van der Waals surface area (Å²) in [6.45, 7) is 1.67. The summed E-state index contributed by atoms with van der Waals surface area (Å²) in [4.78, 5) is 23.8. The van der Waals surface area contributed by atoms with Crippen molar-refractivity contribution in [3.8, 4) is 0 Å². The van der Waals surface area contributed by atoms with Crippen molar-refractivity contribution in [3.05, 3.63) is 23.4 Å². The number of rotatable bonds is 2. The van der Waals surface area contributed by atoms with E-state index in [4.69, 9.17) is 9.84 Å². The van der Waals surface area contributed by atoms with Crippen LogP contribution in [0, 0.1) is 0 Å². The van der Waals surface area contributed by atoms with Crippen molar-refractivity contribution in [3.63, 3.8) is 0 Å². The van der Waals surface area contributed by atoms with Gasteiger partial charge in [0.2, 0.25) is 0 Å². The molecule has 2 aliphatic heterocycles. The lowest BCUT2D eigenvalue weighted by Crippen LogP contribution is -2.65. The smallest absolute Gasteiger partial charge is 0.352 e. The second-order valence-electron chi connectivity index (χ2n) is 3.55. The van der Waals surface area contributed by atoms with Crippen LogP contribution in [0.5, 0.6) is 0 Å². The second-order valence-corrected chi connectivity index (χ2v) is 3.55. The molecule has 0 spiro atoms. The quantitative estimate of drug-likeness (QED) is 0.657. The van der Waals surface area contributed by atoms with Crippen LogP contribution in [-0.2, 0) is 14.3 Å². The molecule has 5 nitrogen and oxygen atoms in total. The zero-order valence-corrected chi connectivity index (χ0v) is 8.43. The Bertz CT molecular complexity index is 396. The molecular weight excluding hydrogens is 198 g/mol.